The molecule has 0 saturated heterocycles. The fourth-order valence-electron chi connectivity index (χ4n) is 2.58. The monoisotopic (exact) mass is 213 g/mol. The van der Waals surface area contributed by atoms with Crippen LogP contribution in [-0.2, 0) is 0 Å². The minimum atomic E-state index is 0.604. The van der Waals surface area contributed by atoms with Crippen LogP contribution in [0.5, 0.6) is 0 Å². The van der Waals surface area contributed by atoms with Crippen molar-refractivity contribution < 1.29 is 0 Å². The zero-order chi connectivity index (χ0) is 11.0. The predicted octanol–water partition coefficient (Wildman–Crippen LogP) is 2.87. The van der Waals surface area contributed by atoms with E-state index in [0.29, 0.717) is 11.7 Å². The third-order valence-corrected chi connectivity index (χ3v) is 3.45. The maximum atomic E-state index is 5.99. The molecule has 0 bridgehead atoms. The van der Waals surface area contributed by atoms with Gasteiger partial charge >= 0.3 is 0 Å². The van der Waals surface area contributed by atoms with Crippen LogP contribution in [-0.4, -0.2) is 9.97 Å². The summed E-state index contributed by atoms with van der Waals surface area (Å²) < 4.78 is 0. The summed E-state index contributed by atoms with van der Waals surface area (Å²) in [5.74, 6) is 1.24. The zero-order valence-electron chi connectivity index (χ0n) is 9.19. The van der Waals surface area contributed by atoms with Crippen LogP contribution in [0.25, 0.3) is 10.8 Å². The maximum absolute atomic E-state index is 5.99. The SMILES string of the molecule is Nc1nc(C2CCCC2)cc2cnccc12. The number of rotatable bonds is 1. The highest BCUT2D eigenvalue weighted by molar-refractivity contribution is 5.90. The van der Waals surface area contributed by atoms with Gasteiger partial charge in [0.2, 0.25) is 0 Å². The van der Waals surface area contributed by atoms with E-state index in [0.717, 1.165) is 16.5 Å². The van der Waals surface area contributed by atoms with Gasteiger partial charge in [-0.05, 0) is 25.0 Å². The second-order valence-corrected chi connectivity index (χ2v) is 4.51. The smallest absolute Gasteiger partial charge is 0.131 e. The van der Waals surface area contributed by atoms with Crippen LogP contribution in [0.4, 0.5) is 5.82 Å². The van der Waals surface area contributed by atoms with Crippen molar-refractivity contribution in [1.29, 1.82) is 0 Å². The summed E-state index contributed by atoms with van der Waals surface area (Å²) in [5, 5.41) is 2.12. The van der Waals surface area contributed by atoms with Crippen molar-refractivity contribution in [2.75, 3.05) is 5.73 Å². The molecule has 1 aliphatic carbocycles. The molecule has 1 saturated carbocycles. The standard InChI is InChI=1S/C13H15N3/c14-13-11-5-6-15-8-10(11)7-12(16-13)9-3-1-2-4-9/h5-9H,1-4H2,(H2,14,16). The van der Waals surface area contributed by atoms with E-state index in [9.17, 15) is 0 Å². The number of aromatic nitrogens is 2. The van der Waals surface area contributed by atoms with Crippen LogP contribution in [0.2, 0.25) is 0 Å². The number of hydrogen-bond acceptors (Lipinski definition) is 3. The van der Waals surface area contributed by atoms with Crippen molar-refractivity contribution in [3.63, 3.8) is 0 Å². The molecular formula is C13H15N3. The Balaban J connectivity index is 2.13. The zero-order valence-corrected chi connectivity index (χ0v) is 9.19. The molecule has 2 aromatic rings. The first kappa shape index (κ1) is 9.58. The fraction of sp³-hybridized carbons (Fsp3) is 0.385. The van der Waals surface area contributed by atoms with Gasteiger partial charge in [0.25, 0.3) is 0 Å². The van der Waals surface area contributed by atoms with Gasteiger partial charge < -0.3 is 5.73 Å². The van der Waals surface area contributed by atoms with Crippen LogP contribution in [0.1, 0.15) is 37.3 Å². The lowest BCUT2D eigenvalue weighted by atomic mass is 10.0. The molecule has 0 radical (unpaired) electrons. The van der Waals surface area contributed by atoms with E-state index in [2.05, 4.69) is 16.0 Å². The van der Waals surface area contributed by atoms with Crippen molar-refractivity contribution in [2.45, 2.75) is 31.6 Å². The predicted molar refractivity (Wildman–Crippen MR) is 65.2 cm³/mol. The number of fused-ring (bicyclic) bond motifs is 1. The molecule has 1 fully saturated rings. The molecule has 2 aromatic heterocycles. The Morgan fingerprint density at radius 1 is 1.25 bits per heavy atom. The number of hydrogen-bond donors (Lipinski definition) is 1. The average Bonchev–Trinajstić information content (AvgIpc) is 2.82. The van der Waals surface area contributed by atoms with E-state index in [4.69, 9.17) is 5.73 Å². The summed E-state index contributed by atoms with van der Waals surface area (Å²) in [5.41, 5.74) is 7.13. The fourth-order valence-corrected chi connectivity index (χ4v) is 2.58. The lowest BCUT2D eigenvalue weighted by Crippen LogP contribution is -2.01. The van der Waals surface area contributed by atoms with Crippen molar-refractivity contribution in [3.8, 4) is 0 Å². The van der Waals surface area contributed by atoms with Crippen molar-refractivity contribution >= 4 is 16.6 Å². The van der Waals surface area contributed by atoms with Gasteiger partial charge in [-0.1, -0.05) is 12.8 Å². The first-order valence-corrected chi connectivity index (χ1v) is 5.85. The largest absolute Gasteiger partial charge is 0.383 e. The molecule has 3 rings (SSSR count). The third kappa shape index (κ3) is 1.52. The minimum Gasteiger partial charge on any atom is -0.383 e. The molecular weight excluding hydrogens is 198 g/mol. The molecule has 0 amide bonds. The van der Waals surface area contributed by atoms with Gasteiger partial charge in [-0.15, -0.1) is 0 Å². The minimum absolute atomic E-state index is 0.604. The van der Waals surface area contributed by atoms with E-state index in [1.807, 2.05) is 12.3 Å². The highest BCUT2D eigenvalue weighted by atomic mass is 14.8. The molecule has 3 nitrogen and oxygen atoms in total. The number of nitrogens with two attached hydrogens (primary N) is 1. The van der Waals surface area contributed by atoms with E-state index < -0.39 is 0 Å². The van der Waals surface area contributed by atoms with Gasteiger partial charge in [0.05, 0.1) is 0 Å². The number of nitrogens with zero attached hydrogens (tertiary/aromatic N) is 2. The molecule has 0 aliphatic heterocycles. The van der Waals surface area contributed by atoms with Crippen LogP contribution >= 0.6 is 0 Å². The Labute approximate surface area is 94.7 Å². The molecule has 16 heavy (non-hydrogen) atoms. The van der Waals surface area contributed by atoms with Crippen LogP contribution in [0.3, 0.4) is 0 Å². The van der Waals surface area contributed by atoms with Gasteiger partial charge in [0, 0.05) is 34.8 Å². The highest BCUT2D eigenvalue weighted by Crippen LogP contribution is 2.34. The first-order valence-electron chi connectivity index (χ1n) is 5.85. The second-order valence-electron chi connectivity index (χ2n) is 4.51. The van der Waals surface area contributed by atoms with Gasteiger partial charge in [-0.2, -0.15) is 0 Å². The Bertz CT molecular complexity index is 516. The third-order valence-electron chi connectivity index (χ3n) is 3.45. The normalized spacial score (nSPS) is 17.0. The lowest BCUT2D eigenvalue weighted by Gasteiger charge is -2.10. The second kappa shape index (κ2) is 3.74. The topological polar surface area (TPSA) is 51.8 Å². The van der Waals surface area contributed by atoms with Crippen molar-refractivity contribution in [2.24, 2.45) is 0 Å². The van der Waals surface area contributed by atoms with Gasteiger partial charge in [0.15, 0.2) is 0 Å². The summed E-state index contributed by atoms with van der Waals surface area (Å²) >= 11 is 0. The van der Waals surface area contributed by atoms with E-state index >= 15 is 0 Å². The Kier molecular flexibility index (Phi) is 2.24. The molecule has 2 N–H and O–H groups in total. The van der Waals surface area contributed by atoms with Crippen LogP contribution in [0, 0.1) is 0 Å². The first-order chi connectivity index (χ1) is 7.84. The summed E-state index contributed by atoms with van der Waals surface area (Å²) in [4.78, 5) is 8.67. The Morgan fingerprint density at radius 2 is 2.06 bits per heavy atom. The molecule has 0 unspecified atom stereocenters. The van der Waals surface area contributed by atoms with Gasteiger partial charge in [-0.25, -0.2) is 4.98 Å². The molecule has 82 valence electrons. The molecule has 1 aliphatic rings. The molecule has 3 heteroatoms. The van der Waals surface area contributed by atoms with E-state index in [1.54, 1.807) is 6.20 Å². The number of nitrogen functional groups attached to an aromatic ring is 1. The van der Waals surface area contributed by atoms with Crippen molar-refractivity contribution in [3.05, 3.63) is 30.2 Å². The number of pyridine rings is 2. The Hall–Kier alpha value is -1.64. The van der Waals surface area contributed by atoms with E-state index in [1.165, 1.54) is 25.7 Å². The van der Waals surface area contributed by atoms with Crippen molar-refractivity contribution in [1.82, 2.24) is 9.97 Å². The van der Waals surface area contributed by atoms with Gasteiger partial charge in [-0.3, -0.25) is 4.98 Å². The van der Waals surface area contributed by atoms with Crippen LogP contribution in [0.15, 0.2) is 24.5 Å². The van der Waals surface area contributed by atoms with Gasteiger partial charge in [0.1, 0.15) is 5.82 Å². The lowest BCUT2D eigenvalue weighted by molar-refractivity contribution is 0.700. The summed E-state index contributed by atoms with van der Waals surface area (Å²) in [6.07, 6.45) is 8.76. The maximum Gasteiger partial charge on any atom is 0.131 e. The summed E-state index contributed by atoms with van der Waals surface area (Å²) in [6.45, 7) is 0. The Morgan fingerprint density at radius 3 is 2.88 bits per heavy atom. The van der Waals surface area contributed by atoms with Crippen LogP contribution < -0.4 is 5.73 Å². The molecule has 0 aromatic carbocycles. The summed E-state index contributed by atoms with van der Waals surface area (Å²) in [6, 6.07) is 4.07. The number of anilines is 1. The molecule has 0 spiro atoms. The van der Waals surface area contributed by atoms with E-state index in [-0.39, 0.29) is 0 Å². The average molecular weight is 213 g/mol. The quantitative estimate of drug-likeness (QED) is 0.792. The highest BCUT2D eigenvalue weighted by Gasteiger charge is 2.19. The molecule has 2 heterocycles. The summed E-state index contributed by atoms with van der Waals surface area (Å²) in [7, 11) is 0. The molecule has 0 atom stereocenters.